The zero-order valence-corrected chi connectivity index (χ0v) is 25.6. The number of unbranched alkanes of at least 4 members (excludes halogenated alkanes) is 15. The fourth-order valence-corrected chi connectivity index (χ4v) is 10.3. The first-order valence-corrected chi connectivity index (χ1v) is 17.8. The second-order valence-corrected chi connectivity index (χ2v) is 15.3. The molecule has 204 valence electrons. The summed E-state index contributed by atoms with van der Waals surface area (Å²) < 4.78 is 0. The van der Waals surface area contributed by atoms with E-state index in [0.29, 0.717) is 0 Å². The lowest BCUT2D eigenvalue weighted by atomic mass is 10.1. The number of hydrogen-bond acceptors (Lipinski definition) is 0. The van der Waals surface area contributed by atoms with Gasteiger partial charge in [0.2, 0.25) is 0 Å². The van der Waals surface area contributed by atoms with Crippen molar-refractivity contribution in [2.45, 2.75) is 143 Å². The fourth-order valence-electron chi connectivity index (χ4n) is 5.46. The Labute approximate surface area is 228 Å². The average molecular weight is 523 g/mol. The average Bonchev–Trinajstić information content (AvgIpc) is 2.85. The van der Waals surface area contributed by atoms with E-state index in [4.69, 9.17) is 0 Å². The second kappa shape index (κ2) is 24.0. The summed E-state index contributed by atoms with van der Waals surface area (Å²) in [5.41, 5.74) is 2.89. The molecular weight excluding hydrogens is 463 g/mol. The predicted octanol–water partition coefficient (Wildman–Crippen LogP) is 8.93. The van der Waals surface area contributed by atoms with E-state index in [2.05, 4.69) is 51.6 Å². The Balaban J connectivity index is 0.0000116. The quantitative estimate of drug-likeness (QED) is 0.0938. The van der Waals surface area contributed by atoms with Gasteiger partial charge in [0, 0.05) is 7.26 Å². The van der Waals surface area contributed by atoms with Crippen molar-refractivity contribution in [2.75, 3.05) is 18.5 Å². The third-order valence-electron chi connectivity index (χ3n) is 7.66. The van der Waals surface area contributed by atoms with Gasteiger partial charge in [0.15, 0.2) is 0 Å². The molecular formula is C33H60ClP. The fraction of sp³-hybridized carbons (Fsp3) is 0.758. The highest BCUT2D eigenvalue weighted by molar-refractivity contribution is 7.75. The van der Waals surface area contributed by atoms with Gasteiger partial charge in [-0.2, -0.15) is 0 Å². The van der Waals surface area contributed by atoms with Gasteiger partial charge >= 0.3 is 0 Å². The highest BCUT2D eigenvalue weighted by Gasteiger charge is 2.36. The van der Waals surface area contributed by atoms with Crippen molar-refractivity contribution in [3.63, 3.8) is 0 Å². The van der Waals surface area contributed by atoms with E-state index in [1.807, 2.05) is 6.08 Å². The molecule has 0 aliphatic carbocycles. The van der Waals surface area contributed by atoms with Crippen LogP contribution in [0.3, 0.4) is 0 Å². The molecule has 1 aromatic rings. The predicted molar refractivity (Wildman–Crippen MR) is 162 cm³/mol. The Morgan fingerprint density at radius 3 is 1.40 bits per heavy atom. The van der Waals surface area contributed by atoms with Gasteiger partial charge in [-0.25, -0.2) is 0 Å². The van der Waals surface area contributed by atoms with Gasteiger partial charge in [-0.15, -0.1) is 0 Å². The van der Waals surface area contributed by atoms with Crippen molar-refractivity contribution in [1.82, 2.24) is 0 Å². The highest BCUT2D eigenvalue weighted by atomic mass is 35.5. The van der Waals surface area contributed by atoms with E-state index in [-0.39, 0.29) is 12.4 Å². The normalized spacial score (nSPS) is 11.4. The van der Waals surface area contributed by atoms with Crippen LogP contribution < -0.4 is 12.4 Å². The van der Waals surface area contributed by atoms with Crippen LogP contribution in [-0.4, -0.2) is 18.5 Å². The molecule has 0 unspecified atom stereocenters. The summed E-state index contributed by atoms with van der Waals surface area (Å²) in [5.74, 6) is 0. The van der Waals surface area contributed by atoms with Crippen molar-refractivity contribution >= 4 is 13.3 Å². The van der Waals surface area contributed by atoms with Crippen LogP contribution in [-0.2, 0) is 6.16 Å². The Hall–Kier alpha value is -0.320. The molecule has 0 saturated carbocycles. The number of benzene rings is 1. The van der Waals surface area contributed by atoms with Crippen LogP contribution in [0.15, 0.2) is 30.8 Å². The van der Waals surface area contributed by atoms with Crippen LogP contribution in [0.5, 0.6) is 0 Å². The molecule has 2 heteroatoms. The van der Waals surface area contributed by atoms with Crippen LogP contribution in [0.25, 0.3) is 6.08 Å². The lowest BCUT2D eigenvalue weighted by Gasteiger charge is -2.29. The molecule has 0 amide bonds. The summed E-state index contributed by atoms with van der Waals surface area (Å²) in [4.78, 5) is 0. The summed E-state index contributed by atoms with van der Waals surface area (Å²) in [5, 5.41) is 0. The zero-order chi connectivity index (χ0) is 24.7. The molecule has 0 nitrogen and oxygen atoms in total. The Morgan fingerprint density at radius 1 is 0.600 bits per heavy atom. The molecule has 0 saturated heterocycles. The summed E-state index contributed by atoms with van der Waals surface area (Å²) in [6, 6.07) is 9.32. The smallest absolute Gasteiger partial charge is 0.0843 e. The summed E-state index contributed by atoms with van der Waals surface area (Å²) in [7, 11) is -0.949. The van der Waals surface area contributed by atoms with Gasteiger partial charge in [-0.3, -0.25) is 0 Å². The van der Waals surface area contributed by atoms with Gasteiger partial charge in [-0.1, -0.05) is 129 Å². The van der Waals surface area contributed by atoms with Crippen molar-refractivity contribution < 1.29 is 12.4 Å². The lowest BCUT2D eigenvalue weighted by molar-refractivity contribution is -0.00000754. The maximum absolute atomic E-state index is 4.03. The summed E-state index contributed by atoms with van der Waals surface area (Å²) in [6.45, 7) is 11.0. The topological polar surface area (TPSA) is 0 Å². The number of halogens is 1. The lowest BCUT2D eigenvalue weighted by Crippen LogP contribution is -3.00. The molecule has 1 rings (SSSR count). The third kappa shape index (κ3) is 17.7. The third-order valence-corrected chi connectivity index (χ3v) is 12.5. The van der Waals surface area contributed by atoms with Crippen molar-refractivity contribution in [3.05, 3.63) is 42.0 Å². The molecule has 0 spiro atoms. The summed E-state index contributed by atoms with van der Waals surface area (Å²) >= 11 is 0. The Kier molecular flexibility index (Phi) is 23.8. The van der Waals surface area contributed by atoms with Crippen molar-refractivity contribution in [2.24, 2.45) is 0 Å². The van der Waals surface area contributed by atoms with Gasteiger partial charge in [-0.05, 0) is 55.7 Å². The molecule has 0 aromatic heterocycles. The van der Waals surface area contributed by atoms with Crippen molar-refractivity contribution in [1.29, 1.82) is 0 Å². The highest BCUT2D eigenvalue weighted by Crippen LogP contribution is 2.63. The number of hydrogen-bond donors (Lipinski definition) is 0. The van der Waals surface area contributed by atoms with Gasteiger partial charge in [0.05, 0.1) is 24.6 Å². The minimum absolute atomic E-state index is 0. The SMILES string of the molecule is C=Cc1cccc(C[P+](CCCCCCCC)(CCCCCCCC)CCCCCCCC)c1.[Cl-]. The van der Waals surface area contributed by atoms with E-state index >= 15 is 0 Å². The first-order chi connectivity index (χ1) is 16.7. The van der Waals surface area contributed by atoms with Gasteiger partial charge in [0.1, 0.15) is 0 Å². The Morgan fingerprint density at radius 2 is 1.00 bits per heavy atom. The minimum atomic E-state index is -0.949. The largest absolute Gasteiger partial charge is 1.00 e. The molecule has 0 N–H and O–H groups in total. The van der Waals surface area contributed by atoms with Crippen molar-refractivity contribution in [3.8, 4) is 0 Å². The molecule has 0 radical (unpaired) electrons. The zero-order valence-electron chi connectivity index (χ0n) is 24.0. The van der Waals surface area contributed by atoms with E-state index in [9.17, 15) is 0 Å². The van der Waals surface area contributed by atoms with E-state index in [0.717, 1.165) is 0 Å². The maximum atomic E-state index is 4.03. The first kappa shape index (κ1) is 34.7. The van der Waals surface area contributed by atoms with E-state index in [1.54, 1.807) is 24.0 Å². The van der Waals surface area contributed by atoms with Gasteiger partial charge < -0.3 is 12.4 Å². The maximum Gasteiger partial charge on any atom is 0.0843 e. The van der Waals surface area contributed by atoms with Crippen LogP contribution in [0.1, 0.15) is 147 Å². The van der Waals surface area contributed by atoms with Crippen LogP contribution in [0.4, 0.5) is 0 Å². The van der Waals surface area contributed by atoms with Gasteiger partial charge in [0.25, 0.3) is 0 Å². The molecule has 0 fully saturated rings. The molecule has 0 aliphatic heterocycles. The first-order valence-electron chi connectivity index (χ1n) is 15.3. The Bertz CT molecular complexity index is 556. The second-order valence-electron chi connectivity index (χ2n) is 10.9. The molecule has 0 heterocycles. The number of rotatable bonds is 24. The van der Waals surface area contributed by atoms with Crippen LogP contribution in [0.2, 0.25) is 0 Å². The molecule has 0 aliphatic rings. The molecule has 1 aromatic carbocycles. The monoisotopic (exact) mass is 522 g/mol. The standard InChI is InChI=1S/C33H60P.ClH/c1-5-9-12-15-18-21-27-34(28-22-19-16-13-10-6-2,29-23-20-17-14-11-7-3)31-33-26-24-25-32(8-4)30-33;/h8,24-26,30H,4-7,9-23,27-29,31H2,1-3H3;1H/q+1;/p-1. The van der Waals surface area contributed by atoms with E-state index in [1.165, 1.54) is 127 Å². The van der Waals surface area contributed by atoms with Crippen LogP contribution >= 0.6 is 7.26 Å². The summed E-state index contributed by atoms with van der Waals surface area (Å²) in [6.07, 6.45) is 33.9. The van der Waals surface area contributed by atoms with Crippen LogP contribution in [0, 0.1) is 0 Å². The minimum Gasteiger partial charge on any atom is -1.00 e. The molecule has 35 heavy (non-hydrogen) atoms. The molecule has 0 bridgehead atoms. The molecule has 0 atom stereocenters. The van der Waals surface area contributed by atoms with E-state index < -0.39 is 7.26 Å².